The molecule has 1 atom stereocenters. The van der Waals surface area contributed by atoms with Crippen molar-refractivity contribution in [1.29, 1.82) is 5.26 Å². The van der Waals surface area contributed by atoms with E-state index in [1.807, 2.05) is 13.0 Å². The van der Waals surface area contributed by atoms with Gasteiger partial charge in [-0.05, 0) is 25.0 Å². The number of nitrogens with two attached hydrogens (primary N) is 1. The number of nitrogens with one attached hydrogen (secondary N) is 1. The lowest BCUT2D eigenvalue weighted by atomic mass is 10.0. The molecule has 0 radical (unpaired) electrons. The summed E-state index contributed by atoms with van der Waals surface area (Å²) in [6, 6.07) is 5.64. The van der Waals surface area contributed by atoms with Gasteiger partial charge in [0.05, 0.1) is 18.2 Å². The number of alkyl halides is 3. The summed E-state index contributed by atoms with van der Waals surface area (Å²) in [5, 5.41) is 12.2. The molecule has 7 nitrogen and oxygen atoms in total. The van der Waals surface area contributed by atoms with E-state index in [9.17, 15) is 23.2 Å². The van der Waals surface area contributed by atoms with Gasteiger partial charge in [-0.25, -0.2) is 0 Å². The van der Waals surface area contributed by atoms with E-state index in [4.69, 9.17) is 10.5 Å². The Morgan fingerprint density at radius 3 is 2.72 bits per heavy atom. The molecule has 1 aromatic carbocycles. The van der Waals surface area contributed by atoms with E-state index in [1.54, 1.807) is 0 Å². The van der Waals surface area contributed by atoms with Crippen molar-refractivity contribution < 1.29 is 22.7 Å². The lowest BCUT2D eigenvalue weighted by molar-refractivity contribution is -0.137. The summed E-state index contributed by atoms with van der Waals surface area (Å²) in [4.78, 5) is 20.3. The number of anilines is 2. The zero-order chi connectivity index (χ0) is 21.6. The molecule has 1 aromatic heterocycles. The van der Waals surface area contributed by atoms with E-state index in [2.05, 4.69) is 15.3 Å². The summed E-state index contributed by atoms with van der Waals surface area (Å²) in [6.45, 7) is 3.71. The van der Waals surface area contributed by atoms with Crippen LogP contribution in [0.3, 0.4) is 0 Å². The topological polar surface area (TPSA) is 114 Å². The third-order valence-electron chi connectivity index (χ3n) is 3.92. The van der Waals surface area contributed by atoms with Gasteiger partial charge in [-0.1, -0.05) is 25.1 Å². The molecule has 1 heterocycles. The van der Waals surface area contributed by atoms with Crippen LogP contribution >= 0.6 is 0 Å². The molecule has 2 rings (SSSR count). The lowest BCUT2D eigenvalue weighted by Gasteiger charge is -2.16. The maximum atomic E-state index is 12.8. The van der Waals surface area contributed by atoms with Crippen molar-refractivity contribution in [3.05, 3.63) is 41.0 Å². The molecule has 0 saturated heterocycles. The van der Waals surface area contributed by atoms with Crippen molar-refractivity contribution in [3.8, 4) is 11.9 Å². The molecule has 10 heteroatoms. The molecule has 154 valence electrons. The zero-order valence-corrected chi connectivity index (χ0v) is 15.9. The number of Topliss-reactive ketones (excluding diaryl/α,β-unsaturated/α-hetero) is 1. The number of carbonyl (C=O) groups is 1. The van der Waals surface area contributed by atoms with Crippen LogP contribution in [-0.4, -0.2) is 28.4 Å². The molecule has 2 aromatic rings. The quantitative estimate of drug-likeness (QED) is 0.690. The number of halogens is 3. The van der Waals surface area contributed by atoms with E-state index in [1.165, 1.54) is 19.1 Å². The van der Waals surface area contributed by atoms with E-state index < -0.39 is 17.8 Å². The maximum absolute atomic E-state index is 12.8. The van der Waals surface area contributed by atoms with Gasteiger partial charge in [-0.3, -0.25) is 4.79 Å². The number of hydrogen-bond acceptors (Lipinski definition) is 7. The number of aromatic nitrogens is 2. The minimum absolute atomic E-state index is 0.00174. The number of nitriles is 1. The Hall–Kier alpha value is -3.35. The van der Waals surface area contributed by atoms with Crippen LogP contribution in [0, 0.1) is 11.3 Å². The average molecular weight is 407 g/mol. The Morgan fingerprint density at radius 2 is 2.10 bits per heavy atom. The molecule has 0 unspecified atom stereocenters. The van der Waals surface area contributed by atoms with Gasteiger partial charge in [0.15, 0.2) is 17.2 Å². The van der Waals surface area contributed by atoms with Crippen LogP contribution < -0.4 is 15.8 Å². The third kappa shape index (κ3) is 5.81. The van der Waals surface area contributed by atoms with Crippen molar-refractivity contribution >= 4 is 17.5 Å². The summed E-state index contributed by atoms with van der Waals surface area (Å²) < 4.78 is 43.9. The minimum Gasteiger partial charge on any atom is -0.477 e. The number of ketones is 1. The average Bonchev–Trinajstić information content (AvgIpc) is 2.65. The highest BCUT2D eigenvalue weighted by atomic mass is 19.4. The second-order valence-corrected chi connectivity index (χ2v) is 6.28. The smallest absolute Gasteiger partial charge is 0.416 e. The highest BCUT2D eigenvalue weighted by Gasteiger charge is 2.30. The molecular formula is C19H20F3N5O2. The molecule has 0 aliphatic heterocycles. The van der Waals surface area contributed by atoms with Crippen LogP contribution in [0.1, 0.15) is 37.0 Å². The molecule has 0 aliphatic carbocycles. The van der Waals surface area contributed by atoms with Crippen molar-refractivity contribution in [2.45, 2.75) is 38.9 Å². The predicted molar refractivity (Wildman–Crippen MR) is 100 cm³/mol. The first-order chi connectivity index (χ1) is 13.7. The fraction of sp³-hybridized carbons (Fsp3) is 0.368. The number of benzene rings is 1. The lowest BCUT2D eigenvalue weighted by Crippen LogP contribution is -2.29. The molecule has 0 spiro atoms. The maximum Gasteiger partial charge on any atom is 0.416 e. The van der Waals surface area contributed by atoms with Gasteiger partial charge >= 0.3 is 6.18 Å². The summed E-state index contributed by atoms with van der Waals surface area (Å²) in [5.74, 6) is -0.505. The Morgan fingerprint density at radius 1 is 1.38 bits per heavy atom. The van der Waals surface area contributed by atoms with Gasteiger partial charge in [0.25, 0.3) is 0 Å². The van der Waals surface area contributed by atoms with Crippen molar-refractivity contribution in [2.75, 3.05) is 17.7 Å². The first-order valence-electron chi connectivity index (χ1n) is 8.81. The van der Waals surface area contributed by atoms with Crippen LogP contribution in [0.2, 0.25) is 0 Å². The van der Waals surface area contributed by atoms with E-state index in [0.717, 1.165) is 12.1 Å². The van der Waals surface area contributed by atoms with Gasteiger partial charge in [-0.2, -0.15) is 28.4 Å². The van der Waals surface area contributed by atoms with Crippen LogP contribution in [0.15, 0.2) is 24.3 Å². The Bertz CT molecular complexity index is 925. The fourth-order valence-electron chi connectivity index (χ4n) is 2.46. The summed E-state index contributed by atoms with van der Waals surface area (Å²) in [7, 11) is 0. The summed E-state index contributed by atoms with van der Waals surface area (Å²) in [5.41, 5.74) is 5.04. The molecule has 29 heavy (non-hydrogen) atoms. The van der Waals surface area contributed by atoms with Crippen LogP contribution in [0.4, 0.5) is 24.9 Å². The van der Waals surface area contributed by atoms with E-state index >= 15 is 0 Å². The van der Waals surface area contributed by atoms with Crippen LogP contribution in [0.5, 0.6) is 5.88 Å². The number of carbonyl (C=O) groups excluding carboxylic acids is 1. The van der Waals surface area contributed by atoms with Gasteiger partial charge in [0, 0.05) is 6.42 Å². The first kappa shape index (κ1) is 21.9. The minimum atomic E-state index is -4.49. The van der Waals surface area contributed by atoms with Crippen molar-refractivity contribution in [2.24, 2.45) is 0 Å². The third-order valence-corrected chi connectivity index (χ3v) is 3.92. The first-order valence-corrected chi connectivity index (χ1v) is 8.81. The number of nitrogen functional groups attached to an aromatic ring is 1. The predicted octanol–water partition coefficient (Wildman–Crippen LogP) is 3.35. The second-order valence-electron chi connectivity index (χ2n) is 6.28. The number of nitrogens with zero attached hydrogens (tertiary/aromatic N) is 3. The number of ether oxygens (including phenoxy) is 1. The molecular weight excluding hydrogens is 387 g/mol. The molecule has 0 fully saturated rings. The molecule has 3 N–H and O–H groups in total. The number of rotatable bonds is 8. The molecule has 0 amide bonds. The van der Waals surface area contributed by atoms with Gasteiger partial charge in [-0.15, -0.1) is 0 Å². The molecule has 0 aliphatic rings. The zero-order valence-electron chi connectivity index (χ0n) is 15.9. The van der Waals surface area contributed by atoms with Crippen molar-refractivity contribution in [1.82, 2.24) is 9.97 Å². The van der Waals surface area contributed by atoms with E-state index in [-0.39, 0.29) is 41.0 Å². The standard InChI is InChI=1S/C19H20F3N5O2/c1-3-7-29-17-14(10-23)16(26-18(24)27-17)25-11(2)15(28)9-12-5-4-6-13(8-12)19(20,21)22/h4-6,8,11H,3,7,9H2,1-2H3,(H3,24,25,26,27)/t11-/m0/s1. The summed E-state index contributed by atoms with van der Waals surface area (Å²) >= 11 is 0. The fourth-order valence-corrected chi connectivity index (χ4v) is 2.46. The van der Waals surface area contributed by atoms with Crippen LogP contribution in [0.25, 0.3) is 0 Å². The number of hydrogen-bond donors (Lipinski definition) is 2. The molecule has 0 saturated carbocycles. The van der Waals surface area contributed by atoms with Gasteiger partial charge in [0.2, 0.25) is 11.8 Å². The van der Waals surface area contributed by atoms with E-state index in [0.29, 0.717) is 13.0 Å². The largest absolute Gasteiger partial charge is 0.477 e. The highest BCUT2D eigenvalue weighted by molar-refractivity contribution is 5.88. The Labute approximate surface area is 165 Å². The highest BCUT2D eigenvalue weighted by Crippen LogP contribution is 2.30. The second kappa shape index (κ2) is 9.23. The Balaban J connectivity index is 2.18. The SMILES string of the molecule is CCCOc1nc(N)nc(N[C@@H](C)C(=O)Cc2cccc(C(F)(F)F)c2)c1C#N. The molecule has 0 bridgehead atoms. The normalized spacial score (nSPS) is 12.1. The van der Waals surface area contributed by atoms with Crippen molar-refractivity contribution in [3.63, 3.8) is 0 Å². The monoisotopic (exact) mass is 407 g/mol. The van der Waals surface area contributed by atoms with Gasteiger partial charge < -0.3 is 15.8 Å². The van der Waals surface area contributed by atoms with Gasteiger partial charge in [0.1, 0.15) is 6.07 Å². The Kier molecular flexibility index (Phi) is 6.98. The van der Waals surface area contributed by atoms with Crippen LogP contribution in [-0.2, 0) is 17.4 Å². The summed E-state index contributed by atoms with van der Waals surface area (Å²) in [6.07, 6.45) is -4.03.